The van der Waals surface area contributed by atoms with Crippen LogP contribution in [0.15, 0.2) is 41.4 Å². The van der Waals surface area contributed by atoms with E-state index in [0.717, 1.165) is 40.5 Å². The van der Waals surface area contributed by atoms with Gasteiger partial charge in [0, 0.05) is 12.2 Å². The SMILES string of the molecule is COc1cc(/C=C2/SC(=S)N(C3CCCCC3)C2=O)cc(I)c1OCc1ccccn1. The van der Waals surface area contributed by atoms with Crippen molar-refractivity contribution >= 4 is 62.9 Å². The maximum Gasteiger partial charge on any atom is 0.266 e. The van der Waals surface area contributed by atoms with E-state index in [2.05, 4.69) is 27.6 Å². The minimum atomic E-state index is 0.0198. The van der Waals surface area contributed by atoms with E-state index in [4.69, 9.17) is 21.7 Å². The lowest BCUT2D eigenvalue weighted by Gasteiger charge is -2.29. The normalized spacial score (nSPS) is 18.6. The van der Waals surface area contributed by atoms with Gasteiger partial charge in [0.1, 0.15) is 10.9 Å². The average molecular weight is 566 g/mol. The lowest BCUT2D eigenvalue weighted by molar-refractivity contribution is -0.124. The Kier molecular flexibility index (Phi) is 7.50. The first kappa shape index (κ1) is 22.5. The second kappa shape index (κ2) is 10.3. The van der Waals surface area contributed by atoms with Gasteiger partial charge in [-0.15, -0.1) is 0 Å². The third-order valence-electron chi connectivity index (χ3n) is 5.40. The van der Waals surface area contributed by atoms with Crippen molar-refractivity contribution in [3.05, 3.63) is 56.3 Å². The Morgan fingerprint density at radius 3 is 2.81 bits per heavy atom. The van der Waals surface area contributed by atoms with Crippen molar-refractivity contribution in [1.29, 1.82) is 0 Å². The Balaban J connectivity index is 1.54. The van der Waals surface area contributed by atoms with Crippen LogP contribution in [0.5, 0.6) is 11.5 Å². The van der Waals surface area contributed by atoms with Crippen molar-refractivity contribution < 1.29 is 14.3 Å². The zero-order valence-corrected chi connectivity index (χ0v) is 21.0. The summed E-state index contributed by atoms with van der Waals surface area (Å²) >= 11 is 9.16. The monoisotopic (exact) mass is 566 g/mol. The summed E-state index contributed by atoms with van der Waals surface area (Å²) in [6.45, 7) is 0.354. The first-order chi connectivity index (χ1) is 15.1. The van der Waals surface area contributed by atoms with E-state index in [0.29, 0.717) is 27.3 Å². The highest BCUT2D eigenvalue weighted by Gasteiger charge is 2.37. The molecule has 2 aromatic rings. The second-order valence-electron chi connectivity index (χ2n) is 7.49. The van der Waals surface area contributed by atoms with E-state index in [1.54, 1.807) is 13.3 Å². The van der Waals surface area contributed by atoms with Crippen LogP contribution in [0.25, 0.3) is 6.08 Å². The molecule has 1 saturated carbocycles. The van der Waals surface area contributed by atoms with Gasteiger partial charge in [0.05, 0.1) is 21.3 Å². The molecule has 31 heavy (non-hydrogen) atoms. The average Bonchev–Trinajstić information content (AvgIpc) is 3.06. The van der Waals surface area contributed by atoms with Gasteiger partial charge >= 0.3 is 0 Å². The molecule has 5 nitrogen and oxygen atoms in total. The van der Waals surface area contributed by atoms with Crippen LogP contribution in [0.3, 0.4) is 0 Å². The van der Waals surface area contributed by atoms with Crippen molar-refractivity contribution in [2.45, 2.75) is 44.8 Å². The van der Waals surface area contributed by atoms with Gasteiger partial charge in [-0.1, -0.05) is 49.3 Å². The van der Waals surface area contributed by atoms with Crippen LogP contribution >= 0.6 is 46.6 Å². The molecule has 0 bridgehead atoms. The lowest BCUT2D eigenvalue weighted by atomic mass is 9.94. The molecule has 1 saturated heterocycles. The van der Waals surface area contributed by atoms with Gasteiger partial charge in [-0.05, 0) is 71.3 Å². The number of benzene rings is 1. The minimum absolute atomic E-state index is 0.0198. The number of rotatable bonds is 6. The summed E-state index contributed by atoms with van der Waals surface area (Å²) in [4.78, 5) is 19.9. The van der Waals surface area contributed by atoms with E-state index >= 15 is 0 Å². The number of thioether (sulfide) groups is 1. The topological polar surface area (TPSA) is 51.7 Å². The highest BCUT2D eigenvalue weighted by atomic mass is 127. The number of halogens is 1. The van der Waals surface area contributed by atoms with Gasteiger partial charge in [0.25, 0.3) is 5.91 Å². The van der Waals surface area contributed by atoms with Gasteiger partial charge < -0.3 is 9.47 Å². The highest BCUT2D eigenvalue weighted by molar-refractivity contribution is 14.1. The fourth-order valence-electron chi connectivity index (χ4n) is 3.88. The molecule has 1 aromatic carbocycles. The Morgan fingerprint density at radius 1 is 1.29 bits per heavy atom. The molecule has 0 atom stereocenters. The Hall–Kier alpha value is -1.65. The van der Waals surface area contributed by atoms with Crippen LogP contribution in [-0.2, 0) is 11.4 Å². The van der Waals surface area contributed by atoms with Crippen molar-refractivity contribution in [2.24, 2.45) is 0 Å². The quantitative estimate of drug-likeness (QED) is 0.250. The van der Waals surface area contributed by atoms with Crippen LogP contribution in [0.4, 0.5) is 0 Å². The predicted octanol–water partition coefficient (Wildman–Crippen LogP) is 5.81. The van der Waals surface area contributed by atoms with Crippen LogP contribution in [0.2, 0.25) is 0 Å². The summed E-state index contributed by atoms with van der Waals surface area (Å²) in [6, 6.07) is 9.85. The second-order valence-corrected chi connectivity index (χ2v) is 10.3. The van der Waals surface area contributed by atoms with Crippen LogP contribution in [-0.4, -0.2) is 33.3 Å². The van der Waals surface area contributed by atoms with E-state index in [1.165, 1.54) is 18.2 Å². The van der Waals surface area contributed by atoms with E-state index in [9.17, 15) is 4.79 Å². The number of methoxy groups -OCH3 is 1. The molecule has 1 aliphatic carbocycles. The third kappa shape index (κ3) is 5.23. The van der Waals surface area contributed by atoms with E-state index in [1.807, 2.05) is 41.3 Å². The molecule has 0 N–H and O–H groups in total. The van der Waals surface area contributed by atoms with Gasteiger partial charge in [-0.3, -0.25) is 14.7 Å². The summed E-state index contributed by atoms with van der Waals surface area (Å²) in [5.41, 5.74) is 1.73. The largest absolute Gasteiger partial charge is 0.493 e. The fourth-order valence-corrected chi connectivity index (χ4v) is 6.06. The maximum absolute atomic E-state index is 13.1. The zero-order chi connectivity index (χ0) is 21.8. The number of aromatic nitrogens is 1. The first-order valence-corrected chi connectivity index (χ1v) is 12.5. The van der Waals surface area contributed by atoms with Gasteiger partial charge in [0.2, 0.25) is 0 Å². The zero-order valence-electron chi connectivity index (χ0n) is 17.2. The van der Waals surface area contributed by atoms with E-state index < -0.39 is 0 Å². The fraction of sp³-hybridized carbons (Fsp3) is 0.348. The summed E-state index contributed by atoms with van der Waals surface area (Å²) in [7, 11) is 1.62. The summed E-state index contributed by atoms with van der Waals surface area (Å²) in [6.07, 6.45) is 9.28. The van der Waals surface area contributed by atoms with Crippen molar-refractivity contribution in [1.82, 2.24) is 9.88 Å². The Morgan fingerprint density at radius 2 is 2.10 bits per heavy atom. The number of ether oxygens (including phenoxy) is 2. The molecule has 8 heteroatoms. The first-order valence-electron chi connectivity index (χ1n) is 10.2. The van der Waals surface area contributed by atoms with Crippen molar-refractivity contribution in [3.63, 3.8) is 0 Å². The molecule has 2 heterocycles. The molecule has 0 unspecified atom stereocenters. The van der Waals surface area contributed by atoms with Crippen LogP contribution in [0.1, 0.15) is 43.4 Å². The maximum atomic E-state index is 13.1. The number of amides is 1. The smallest absolute Gasteiger partial charge is 0.266 e. The van der Waals surface area contributed by atoms with Gasteiger partial charge in [0.15, 0.2) is 11.5 Å². The van der Waals surface area contributed by atoms with Crippen LogP contribution < -0.4 is 9.47 Å². The molecule has 4 rings (SSSR count). The van der Waals surface area contributed by atoms with Crippen molar-refractivity contribution in [2.75, 3.05) is 7.11 Å². The molecule has 0 radical (unpaired) electrons. The van der Waals surface area contributed by atoms with Crippen molar-refractivity contribution in [3.8, 4) is 11.5 Å². The molecule has 0 spiro atoms. The number of hydrogen-bond acceptors (Lipinski definition) is 6. The number of pyridine rings is 1. The summed E-state index contributed by atoms with van der Waals surface area (Å²) < 4.78 is 13.1. The molecular weight excluding hydrogens is 543 g/mol. The molecule has 2 aliphatic rings. The standard InChI is InChI=1S/C23H23IN2O3S2/c1-28-19-12-15(11-18(24)21(19)29-14-16-7-5-6-10-25-16)13-20-22(27)26(23(30)31-20)17-8-3-2-4-9-17/h5-7,10-13,17H,2-4,8-9,14H2,1H3/b20-13+. The third-order valence-corrected chi connectivity index (χ3v) is 7.54. The molecule has 2 fully saturated rings. The Bertz CT molecular complexity index is 1010. The number of carbonyl (C=O) groups excluding carboxylic acids is 1. The predicted molar refractivity (Wildman–Crippen MR) is 136 cm³/mol. The minimum Gasteiger partial charge on any atom is -0.493 e. The molecule has 1 aliphatic heterocycles. The molecule has 162 valence electrons. The van der Waals surface area contributed by atoms with Crippen LogP contribution in [0, 0.1) is 3.57 Å². The molecule has 1 amide bonds. The summed E-state index contributed by atoms with van der Waals surface area (Å²) in [5.74, 6) is 1.31. The molecular formula is C23H23IN2O3S2. The molecule has 1 aromatic heterocycles. The lowest BCUT2D eigenvalue weighted by Crippen LogP contribution is -2.39. The Labute approximate surface area is 205 Å². The highest BCUT2D eigenvalue weighted by Crippen LogP contribution is 2.39. The number of nitrogens with zero attached hydrogens (tertiary/aromatic N) is 2. The van der Waals surface area contributed by atoms with E-state index in [-0.39, 0.29) is 11.9 Å². The number of thiocarbonyl (C=S) groups is 1. The van der Waals surface area contributed by atoms with Gasteiger partial charge in [-0.2, -0.15) is 0 Å². The number of carbonyl (C=O) groups is 1. The number of hydrogen-bond donors (Lipinski definition) is 0. The van der Waals surface area contributed by atoms with Gasteiger partial charge in [-0.25, -0.2) is 0 Å². The summed E-state index contributed by atoms with van der Waals surface area (Å²) in [5, 5.41) is 0.